The lowest BCUT2D eigenvalue weighted by Crippen LogP contribution is -2.34. The van der Waals surface area contributed by atoms with Gasteiger partial charge in [0.2, 0.25) is 5.91 Å². The summed E-state index contributed by atoms with van der Waals surface area (Å²) in [7, 11) is 0. The van der Waals surface area contributed by atoms with Crippen LogP contribution in [0.5, 0.6) is 0 Å². The zero-order chi connectivity index (χ0) is 21.0. The lowest BCUT2D eigenvalue weighted by Gasteiger charge is -2.21. The molecule has 1 aromatic carbocycles. The van der Waals surface area contributed by atoms with Gasteiger partial charge < -0.3 is 9.32 Å². The van der Waals surface area contributed by atoms with E-state index in [0.717, 1.165) is 5.57 Å². The first-order valence-electron chi connectivity index (χ1n) is 9.16. The van der Waals surface area contributed by atoms with Gasteiger partial charge in [-0.3, -0.25) is 14.2 Å². The van der Waals surface area contributed by atoms with Crippen LogP contribution in [0.3, 0.4) is 0 Å². The number of furan rings is 1. The van der Waals surface area contributed by atoms with Crippen LogP contribution in [0.2, 0.25) is 5.02 Å². The third-order valence-electron chi connectivity index (χ3n) is 4.30. The smallest absolute Gasteiger partial charge is 0.262 e. The van der Waals surface area contributed by atoms with E-state index in [0.29, 0.717) is 39.9 Å². The lowest BCUT2D eigenvalue weighted by atomic mass is 10.2. The second-order valence-electron chi connectivity index (χ2n) is 6.68. The van der Waals surface area contributed by atoms with E-state index in [1.807, 2.05) is 13.8 Å². The first kappa shape index (κ1) is 21.2. The van der Waals surface area contributed by atoms with E-state index in [1.165, 1.54) is 16.3 Å². The van der Waals surface area contributed by atoms with Crippen molar-refractivity contribution >= 4 is 40.2 Å². The summed E-state index contributed by atoms with van der Waals surface area (Å²) in [5, 5.41) is 1.41. The highest BCUT2D eigenvalue weighted by Crippen LogP contribution is 2.22. The number of carbonyl (C=O) groups is 1. The van der Waals surface area contributed by atoms with Gasteiger partial charge in [-0.1, -0.05) is 35.5 Å². The Labute approximate surface area is 178 Å². The third-order valence-corrected chi connectivity index (χ3v) is 5.49. The molecule has 0 unspecified atom stereocenters. The summed E-state index contributed by atoms with van der Waals surface area (Å²) in [5.41, 5.74) is 1.22. The number of rotatable bonds is 8. The number of nitrogens with zero attached hydrogens (tertiary/aromatic N) is 3. The van der Waals surface area contributed by atoms with Gasteiger partial charge in [0.15, 0.2) is 5.16 Å². The number of thioether (sulfide) groups is 1. The van der Waals surface area contributed by atoms with Crippen molar-refractivity contribution in [1.82, 2.24) is 14.5 Å². The number of hydrogen-bond acceptors (Lipinski definition) is 5. The Kier molecular flexibility index (Phi) is 6.82. The third kappa shape index (κ3) is 5.10. The fourth-order valence-corrected chi connectivity index (χ4v) is 3.97. The van der Waals surface area contributed by atoms with E-state index in [-0.39, 0.29) is 23.8 Å². The highest BCUT2D eigenvalue weighted by molar-refractivity contribution is 7.99. The van der Waals surface area contributed by atoms with E-state index in [4.69, 9.17) is 16.0 Å². The van der Waals surface area contributed by atoms with Crippen molar-refractivity contribution in [2.24, 2.45) is 0 Å². The Morgan fingerprint density at radius 3 is 2.83 bits per heavy atom. The predicted molar refractivity (Wildman–Crippen MR) is 117 cm³/mol. The van der Waals surface area contributed by atoms with Crippen LogP contribution in [0.15, 0.2) is 63.1 Å². The maximum atomic E-state index is 13.1. The van der Waals surface area contributed by atoms with E-state index >= 15 is 0 Å². The number of halogens is 1. The average Bonchev–Trinajstić information content (AvgIpc) is 3.19. The van der Waals surface area contributed by atoms with Gasteiger partial charge in [0.25, 0.3) is 5.56 Å². The summed E-state index contributed by atoms with van der Waals surface area (Å²) in [6, 6.07) is 8.54. The Morgan fingerprint density at radius 2 is 2.17 bits per heavy atom. The van der Waals surface area contributed by atoms with Crippen LogP contribution in [0.4, 0.5) is 0 Å². The normalized spacial score (nSPS) is 11.0. The standard InChI is InChI=1S/C21H22ClN3O3S/c1-4-24(11-14(2)3)19(26)13-29-21-23-18-10-15(22)7-8-17(18)20(27)25(21)12-16-6-5-9-28-16/h5-10H,2,4,11-13H2,1,3H3. The molecule has 2 heterocycles. The van der Waals surface area contributed by atoms with Gasteiger partial charge >= 0.3 is 0 Å². The molecular weight excluding hydrogens is 410 g/mol. The Hall–Kier alpha value is -2.51. The molecule has 0 radical (unpaired) electrons. The van der Waals surface area contributed by atoms with Crippen molar-refractivity contribution in [2.45, 2.75) is 25.5 Å². The van der Waals surface area contributed by atoms with Crippen molar-refractivity contribution in [3.63, 3.8) is 0 Å². The number of fused-ring (bicyclic) bond motifs is 1. The molecule has 152 valence electrons. The van der Waals surface area contributed by atoms with Gasteiger partial charge in [-0.05, 0) is 44.2 Å². The molecule has 0 aliphatic rings. The fourth-order valence-electron chi connectivity index (χ4n) is 2.90. The zero-order valence-electron chi connectivity index (χ0n) is 16.4. The largest absolute Gasteiger partial charge is 0.467 e. The van der Waals surface area contributed by atoms with E-state index in [9.17, 15) is 9.59 Å². The monoisotopic (exact) mass is 431 g/mol. The number of likely N-dealkylation sites (N-methyl/N-ethyl adjacent to an activating group) is 1. The van der Waals surface area contributed by atoms with Crippen molar-refractivity contribution < 1.29 is 9.21 Å². The maximum Gasteiger partial charge on any atom is 0.262 e. The minimum Gasteiger partial charge on any atom is -0.467 e. The molecule has 0 spiro atoms. The van der Waals surface area contributed by atoms with Gasteiger partial charge in [0, 0.05) is 18.1 Å². The second kappa shape index (κ2) is 9.33. The topological polar surface area (TPSA) is 68.3 Å². The quantitative estimate of drug-likeness (QED) is 0.303. The predicted octanol–water partition coefficient (Wildman–Crippen LogP) is 4.21. The van der Waals surface area contributed by atoms with E-state index in [2.05, 4.69) is 11.6 Å². The van der Waals surface area contributed by atoms with Crippen LogP contribution in [0.25, 0.3) is 10.9 Å². The summed E-state index contributed by atoms with van der Waals surface area (Å²) in [6.07, 6.45) is 1.56. The number of carbonyl (C=O) groups excluding carboxylic acids is 1. The van der Waals surface area contributed by atoms with Crippen LogP contribution in [-0.4, -0.2) is 39.2 Å². The first-order chi connectivity index (χ1) is 13.9. The van der Waals surface area contributed by atoms with E-state index < -0.39 is 0 Å². The molecule has 0 N–H and O–H groups in total. The van der Waals surface area contributed by atoms with Gasteiger partial charge in [0.1, 0.15) is 5.76 Å². The molecule has 3 rings (SSSR count). The molecule has 3 aromatic rings. The van der Waals surface area contributed by atoms with Gasteiger partial charge in [-0.25, -0.2) is 4.98 Å². The van der Waals surface area contributed by atoms with Crippen LogP contribution < -0.4 is 5.56 Å². The minimum absolute atomic E-state index is 0.0366. The average molecular weight is 432 g/mol. The molecule has 1 amide bonds. The van der Waals surface area contributed by atoms with Gasteiger partial charge in [-0.15, -0.1) is 0 Å². The number of benzene rings is 1. The Morgan fingerprint density at radius 1 is 1.38 bits per heavy atom. The SMILES string of the molecule is C=C(C)CN(CC)C(=O)CSc1nc2cc(Cl)ccc2c(=O)n1Cc1ccco1. The minimum atomic E-state index is -0.202. The highest BCUT2D eigenvalue weighted by atomic mass is 35.5. The Bertz CT molecular complexity index is 1090. The molecule has 8 heteroatoms. The second-order valence-corrected chi connectivity index (χ2v) is 8.06. The molecule has 0 aliphatic heterocycles. The summed E-state index contributed by atoms with van der Waals surface area (Å²) in [5.74, 6) is 0.760. The van der Waals surface area contributed by atoms with Crippen molar-refractivity contribution in [1.29, 1.82) is 0 Å². The van der Waals surface area contributed by atoms with E-state index in [1.54, 1.807) is 41.5 Å². The Balaban J connectivity index is 1.95. The fraction of sp³-hybridized carbons (Fsp3) is 0.286. The number of aromatic nitrogens is 2. The summed E-state index contributed by atoms with van der Waals surface area (Å²) >= 11 is 7.30. The lowest BCUT2D eigenvalue weighted by molar-refractivity contribution is -0.127. The summed E-state index contributed by atoms with van der Waals surface area (Å²) in [6.45, 7) is 9.02. The molecule has 2 aromatic heterocycles. The van der Waals surface area contributed by atoms with Crippen molar-refractivity contribution in [3.8, 4) is 0 Å². The summed E-state index contributed by atoms with van der Waals surface area (Å²) in [4.78, 5) is 32.0. The van der Waals surface area contributed by atoms with Crippen LogP contribution in [-0.2, 0) is 11.3 Å². The van der Waals surface area contributed by atoms with Gasteiger partial charge in [-0.2, -0.15) is 0 Å². The molecule has 0 fully saturated rings. The molecular formula is C21H22ClN3O3S. The van der Waals surface area contributed by atoms with Gasteiger partial charge in [0.05, 0.1) is 29.5 Å². The molecule has 0 bridgehead atoms. The maximum absolute atomic E-state index is 13.1. The first-order valence-corrected chi connectivity index (χ1v) is 10.5. The summed E-state index contributed by atoms with van der Waals surface area (Å²) < 4.78 is 6.93. The molecule has 0 saturated heterocycles. The zero-order valence-corrected chi connectivity index (χ0v) is 17.9. The molecule has 6 nitrogen and oxygen atoms in total. The molecule has 0 atom stereocenters. The highest BCUT2D eigenvalue weighted by Gasteiger charge is 2.17. The molecule has 0 aliphatic carbocycles. The van der Waals surface area contributed by atoms with Crippen molar-refractivity contribution in [2.75, 3.05) is 18.8 Å². The number of amides is 1. The van der Waals surface area contributed by atoms with Crippen LogP contribution in [0, 0.1) is 0 Å². The molecule has 29 heavy (non-hydrogen) atoms. The van der Waals surface area contributed by atoms with Crippen molar-refractivity contribution in [3.05, 3.63) is 69.9 Å². The molecule has 0 saturated carbocycles. The van der Waals surface area contributed by atoms with Crippen LogP contribution in [0.1, 0.15) is 19.6 Å². The van der Waals surface area contributed by atoms with Crippen LogP contribution >= 0.6 is 23.4 Å². The number of hydrogen-bond donors (Lipinski definition) is 0.